The van der Waals surface area contributed by atoms with Gasteiger partial charge in [0.15, 0.2) is 5.96 Å². The van der Waals surface area contributed by atoms with E-state index < -0.39 is 0 Å². The fourth-order valence-corrected chi connectivity index (χ4v) is 3.97. The molecule has 2 aromatic rings. The third-order valence-corrected chi connectivity index (χ3v) is 5.58. The zero-order chi connectivity index (χ0) is 22.6. The Morgan fingerprint density at radius 3 is 2.36 bits per heavy atom. The highest BCUT2D eigenvalue weighted by Gasteiger charge is 2.25. The molecule has 0 saturated carbocycles. The summed E-state index contributed by atoms with van der Waals surface area (Å²) in [6.45, 7) is 6.71. The van der Waals surface area contributed by atoms with Gasteiger partial charge in [0.2, 0.25) is 0 Å². The third-order valence-electron chi connectivity index (χ3n) is 5.58. The van der Waals surface area contributed by atoms with Crippen LogP contribution in [-0.4, -0.2) is 63.1 Å². The minimum Gasteiger partial charge on any atom is -0.496 e. The predicted octanol–water partition coefficient (Wildman–Crippen LogP) is 3.44. The second kappa shape index (κ2) is 14.7. The van der Waals surface area contributed by atoms with Gasteiger partial charge in [-0.1, -0.05) is 36.4 Å². The summed E-state index contributed by atoms with van der Waals surface area (Å²) in [5.41, 5.74) is 1.84. The zero-order valence-corrected chi connectivity index (χ0v) is 21.9. The molecule has 2 aromatic carbocycles. The van der Waals surface area contributed by atoms with Crippen molar-refractivity contribution in [1.82, 2.24) is 20.9 Å². The Bertz CT molecular complexity index is 872. The molecule has 3 N–H and O–H groups in total. The van der Waals surface area contributed by atoms with E-state index in [1.54, 1.807) is 7.11 Å². The van der Waals surface area contributed by atoms with E-state index in [1.165, 1.54) is 18.4 Å². The summed E-state index contributed by atoms with van der Waals surface area (Å²) in [6, 6.07) is 17.6. The highest BCUT2D eigenvalue weighted by atomic mass is 127. The molecule has 3 rings (SSSR count). The number of likely N-dealkylation sites (tertiary alicyclic amines) is 1. The van der Waals surface area contributed by atoms with Crippen LogP contribution in [-0.2, 0) is 0 Å². The molecule has 1 fully saturated rings. The molecule has 0 bridgehead atoms. The van der Waals surface area contributed by atoms with E-state index in [-0.39, 0.29) is 35.9 Å². The van der Waals surface area contributed by atoms with Gasteiger partial charge < -0.3 is 20.7 Å². The number of carbonyl (C=O) groups is 1. The number of benzene rings is 2. The Morgan fingerprint density at radius 1 is 1.00 bits per heavy atom. The van der Waals surface area contributed by atoms with Crippen molar-refractivity contribution in [1.29, 1.82) is 0 Å². The standard InChI is InChI=1S/C25H35N5O2.HI/c1-3-26-25(28-16-15-27-24(31)20-11-5-4-6-12-20)29-19-22(30-17-9-10-18-30)21-13-7-8-14-23(21)32-2;/h4-8,11-14,22H,3,9-10,15-19H2,1-2H3,(H,27,31)(H2,26,28,29);1H. The summed E-state index contributed by atoms with van der Waals surface area (Å²) in [4.78, 5) is 19.6. The monoisotopic (exact) mass is 565 g/mol. The van der Waals surface area contributed by atoms with Crippen LogP contribution in [0, 0.1) is 0 Å². The molecule has 33 heavy (non-hydrogen) atoms. The second-order valence-corrected chi connectivity index (χ2v) is 7.77. The molecule has 1 amide bonds. The van der Waals surface area contributed by atoms with E-state index in [2.05, 4.69) is 33.0 Å². The van der Waals surface area contributed by atoms with Crippen LogP contribution in [0.2, 0.25) is 0 Å². The Hall–Kier alpha value is -2.33. The topological polar surface area (TPSA) is 78.0 Å². The van der Waals surface area contributed by atoms with Gasteiger partial charge in [0.05, 0.1) is 19.7 Å². The lowest BCUT2D eigenvalue weighted by atomic mass is 10.0. The number of ether oxygens (including phenoxy) is 1. The van der Waals surface area contributed by atoms with Crippen molar-refractivity contribution < 1.29 is 9.53 Å². The fraction of sp³-hybridized carbons (Fsp3) is 0.440. The first-order valence-electron chi connectivity index (χ1n) is 11.4. The number of hydrogen-bond donors (Lipinski definition) is 3. The van der Waals surface area contributed by atoms with Gasteiger partial charge in [0.1, 0.15) is 5.75 Å². The van der Waals surface area contributed by atoms with Crippen LogP contribution in [0.1, 0.15) is 41.7 Å². The Kier molecular flexibility index (Phi) is 12.0. The minimum atomic E-state index is -0.0698. The van der Waals surface area contributed by atoms with Crippen LogP contribution in [0.5, 0.6) is 5.75 Å². The SMILES string of the molecule is CCNC(=NCC(c1ccccc1OC)N1CCCC1)NCCNC(=O)c1ccccc1.I. The van der Waals surface area contributed by atoms with Crippen molar-refractivity contribution in [3.63, 3.8) is 0 Å². The molecule has 0 aromatic heterocycles. The first-order valence-corrected chi connectivity index (χ1v) is 11.4. The summed E-state index contributed by atoms with van der Waals surface area (Å²) >= 11 is 0. The summed E-state index contributed by atoms with van der Waals surface area (Å²) in [7, 11) is 1.72. The van der Waals surface area contributed by atoms with Crippen LogP contribution in [0.25, 0.3) is 0 Å². The highest BCUT2D eigenvalue weighted by Crippen LogP contribution is 2.31. The summed E-state index contributed by atoms with van der Waals surface area (Å²) in [6.07, 6.45) is 2.43. The van der Waals surface area contributed by atoms with Crippen LogP contribution in [0.3, 0.4) is 0 Å². The number of aliphatic imine (C=N–C) groups is 1. The molecule has 1 aliphatic heterocycles. The van der Waals surface area contributed by atoms with E-state index in [4.69, 9.17) is 9.73 Å². The molecule has 1 atom stereocenters. The number of nitrogens with zero attached hydrogens (tertiary/aromatic N) is 2. The van der Waals surface area contributed by atoms with Crippen LogP contribution < -0.4 is 20.7 Å². The van der Waals surface area contributed by atoms with Crippen LogP contribution >= 0.6 is 24.0 Å². The molecule has 1 saturated heterocycles. The maximum absolute atomic E-state index is 12.2. The molecule has 7 nitrogen and oxygen atoms in total. The van der Waals surface area contributed by atoms with Gasteiger partial charge >= 0.3 is 0 Å². The maximum Gasteiger partial charge on any atom is 0.251 e. The van der Waals surface area contributed by atoms with Gasteiger partial charge in [-0.25, -0.2) is 0 Å². The quantitative estimate of drug-likeness (QED) is 0.178. The fourth-order valence-electron chi connectivity index (χ4n) is 3.97. The Morgan fingerprint density at radius 2 is 1.67 bits per heavy atom. The number of nitrogens with one attached hydrogen (secondary N) is 3. The van der Waals surface area contributed by atoms with E-state index in [0.29, 0.717) is 25.2 Å². The molecule has 0 radical (unpaired) electrons. The zero-order valence-electron chi connectivity index (χ0n) is 19.5. The van der Waals surface area contributed by atoms with Crippen molar-refractivity contribution >= 4 is 35.8 Å². The lowest BCUT2D eigenvalue weighted by Crippen LogP contribution is -2.42. The van der Waals surface area contributed by atoms with Gasteiger partial charge in [-0.15, -0.1) is 24.0 Å². The van der Waals surface area contributed by atoms with Gasteiger partial charge in [0, 0.05) is 30.8 Å². The largest absolute Gasteiger partial charge is 0.496 e. The molecule has 0 spiro atoms. The van der Waals surface area contributed by atoms with Gasteiger partial charge in [0.25, 0.3) is 5.91 Å². The van der Waals surface area contributed by atoms with Gasteiger partial charge in [-0.3, -0.25) is 14.7 Å². The van der Waals surface area contributed by atoms with Crippen LogP contribution in [0.15, 0.2) is 59.6 Å². The minimum absolute atomic E-state index is 0. The molecule has 1 unspecified atom stereocenters. The highest BCUT2D eigenvalue weighted by molar-refractivity contribution is 14.0. The number of guanidine groups is 1. The van der Waals surface area contributed by atoms with E-state index in [9.17, 15) is 4.79 Å². The van der Waals surface area contributed by atoms with E-state index >= 15 is 0 Å². The maximum atomic E-state index is 12.2. The molecule has 1 aliphatic rings. The smallest absolute Gasteiger partial charge is 0.251 e. The number of methoxy groups -OCH3 is 1. The molecule has 180 valence electrons. The van der Waals surface area contributed by atoms with Crippen molar-refractivity contribution in [2.24, 2.45) is 4.99 Å². The first kappa shape index (κ1) is 26.9. The predicted molar refractivity (Wildman–Crippen MR) is 145 cm³/mol. The number of halogens is 1. The molecule has 1 heterocycles. The summed E-state index contributed by atoms with van der Waals surface area (Å²) < 4.78 is 5.63. The first-order chi connectivity index (χ1) is 15.7. The number of amides is 1. The summed E-state index contributed by atoms with van der Waals surface area (Å²) in [5.74, 6) is 1.58. The average molecular weight is 566 g/mol. The molecule has 8 heteroatoms. The lowest BCUT2D eigenvalue weighted by molar-refractivity contribution is 0.0954. The van der Waals surface area contributed by atoms with Crippen molar-refractivity contribution in [2.45, 2.75) is 25.8 Å². The van der Waals surface area contributed by atoms with Gasteiger partial charge in [-0.2, -0.15) is 0 Å². The van der Waals surface area contributed by atoms with Crippen molar-refractivity contribution in [3.05, 3.63) is 65.7 Å². The molecular formula is C25H36IN5O2. The van der Waals surface area contributed by atoms with E-state index in [1.807, 2.05) is 49.4 Å². The number of carbonyl (C=O) groups excluding carboxylic acids is 1. The second-order valence-electron chi connectivity index (χ2n) is 7.77. The summed E-state index contributed by atoms with van der Waals surface area (Å²) in [5, 5.41) is 9.57. The lowest BCUT2D eigenvalue weighted by Gasteiger charge is -2.28. The number of hydrogen-bond acceptors (Lipinski definition) is 4. The van der Waals surface area contributed by atoms with Gasteiger partial charge in [-0.05, 0) is 51.1 Å². The average Bonchev–Trinajstić information content (AvgIpc) is 3.37. The number of rotatable bonds is 10. The van der Waals surface area contributed by atoms with Crippen molar-refractivity contribution in [2.75, 3.05) is 46.4 Å². The van der Waals surface area contributed by atoms with Crippen molar-refractivity contribution in [3.8, 4) is 5.75 Å². The Labute approximate surface area is 214 Å². The van der Waals surface area contributed by atoms with E-state index in [0.717, 1.165) is 31.3 Å². The Balaban J connectivity index is 0.00000385. The molecular weight excluding hydrogens is 529 g/mol. The van der Waals surface area contributed by atoms with Crippen LogP contribution in [0.4, 0.5) is 0 Å². The molecule has 0 aliphatic carbocycles. The normalized spacial score (nSPS) is 14.8. The number of para-hydroxylation sites is 1. The third kappa shape index (κ3) is 8.19.